The van der Waals surface area contributed by atoms with Gasteiger partial charge in [-0.1, -0.05) is 29.8 Å². The van der Waals surface area contributed by atoms with Gasteiger partial charge in [0.25, 0.3) is 0 Å². The zero-order valence-electron chi connectivity index (χ0n) is 13.6. The smallest absolute Gasteiger partial charge is 0.410 e. The molecule has 1 heterocycles. The minimum absolute atomic E-state index is 0.197. The summed E-state index contributed by atoms with van der Waals surface area (Å²) in [5, 5.41) is 0. The van der Waals surface area contributed by atoms with Gasteiger partial charge in [-0.15, -0.1) is 0 Å². The molecule has 0 unspecified atom stereocenters. The molecule has 0 atom stereocenters. The molecule has 21 heavy (non-hydrogen) atoms. The van der Waals surface area contributed by atoms with Crippen molar-refractivity contribution in [2.45, 2.75) is 39.8 Å². The third kappa shape index (κ3) is 5.05. The molecule has 1 aliphatic rings. The van der Waals surface area contributed by atoms with Gasteiger partial charge in [0.1, 0.15) is 5.60 Å². The monoisotopic (exact) mass is 290 g/mol. The van der Waals surface area contributed by atoms with Gasteiger partial charge in [-0.05, 0) is 33.3 Å². The van der Waals surface area contributed by atoms with Gasteiger partial charge in [-0.2, -0.15) is 0 Å². The van der Waals surface area contributed by atoms with E-state index in [0.717, 1.165) is 32.7 Å². The predicted octanol–water partition coefficient (Wildman–Crippen LogP) is 3.05. The van der Waals surface area contributed by atoms with Crippen molar-refractivity contribution in [3.63, 3.8) is 0 Å². The van der Waals surface area contributed by atoms with E-state index < -0.39 is 5.60 Å². The van der Waals surface area contributed by atoms with Crippen LogP contribution in [0.4, 0.5) is 4.79 Å². The predicted molar refractivity (Wildman–Crippen MR) is 84.3 cm³/mol. The van der Waals surface area contributed by atoms with E-state index in [2.05, 4.69) is 36.1 Å². The second-order valence-electron chi connectivity index (χ2n) is 6.73. The van der Waals surface area contributed by atoms with E-state index in [0.29, 0.717) is 0 Å². The summed E-state index contributed by atoms with van der Waals surface area (Å²) >= 11 is 0. The van der Waals surface area contributed by atoms with E-state index in [1.165, 1.54) is 11.1 Å². The number of nitrogens with zero attached hydrogens (tertiary/aromatic N) is 2. The second-order valence-corrected chi connectivity index (χ2v) is 6.73. The topological polar surface area (TPSA) is 32.8 Å². The van der Waals surface area contributed by atoms with Crippen molar-refractivity contribution in [3.05, 3.63) is 35.4 Å². The quantitative estimate of drug-likeness (QED) is 0.839. The molecule has 0 bridgehead atoms. The number of aryl methyl sites for hydroxylation is 1. The van der Waals surface area contributed by atoms with Crippen LogP contribution in [0.3, 0.4) is 0 Å². The largest absolute Gasteiger partial charge is 0.444 e. The molecule has 1 aromatic rings. The highest BCUT2D eigenvalue weighted by Crippen LogP contribution is 2.14. The molecule has 4 heteroatoms. The molecule has 0 aliphatic carbocycles. The zero-order valence-corrected chi connectivity index (χ0v) is 13.6. The normalized spacial score (nSPS) is 16.9. The number of piperazine rings is 1. The van der Waals surface area contributed by atoms with Crippen LogP contribution in [-0.2, 0) is 11.3 Å². The Bertz CT molecular complexity index is 486. The summed E-state index contributed by atoms with van der Waals surface area (Å²) in [6.07, 6.45) is -0.197. The lowest BCUT2D eigenvalue weighted by Gasteiger charge is -2.35. The Labute approximate surface area is 127 Å². The molecule has 0 saturated carbocycles. The highest BCUT2D eigenvalue weighted by atomic mass is 16.6. The molecule has 116 valence electrons. The van der Waals surface area contributed by atoms with Gasteiger partial charge in [0.15, 0.2) is 0 Å². The first-order valence-corrected chi connectivity index (χ1v) is 7.59. The Morgan fingerprint density at radius 1 is 1.19 bits per heavy atom. The lowest BCUT2D eigenvalue weighted by molar-refractivity contribution is 0.0139. The molecule has 4 nitrogen and oxygen atoms in total. The summed E-state index contributed by atoms with van der Waals surface area (Å²) in [4.78, 5) is 16.2. The maximum atomic E-state index is 12.0. The van der Waals surface area contributed by atoms with Crippen LogP contribution in [0.5, 0.6) is 0 Å². The second kappa shape index (κ2) is 6.48. The summed E-state index contributed by atoms with van der Waals surface area (Å²) in [6.45, 7) is 12.0. The van der Waals surface area contributed by atoms with Gasteiger partial charge in [0, 0.05) is 32.7 Å². The fourth-order valence-corrected chi connectivity index (χ4v) is 2.48. The van der Waals surface area contributed by atoms with E-state index in [-0.39, 0.29) is 6.09 Å². The third-order valence-corrected chi connectivity index (χ3v) is 3.51. The minimum Gasteiger partial charge on any atom is -0.444 e. The van der Waals surface area contributed by atoms with Crippen LogP contribution in [-0.4, -0.2) is 47.7 Å². The number of rotatable bonds is 2. The maximum Gasteiger partial charge on any atom is 0.410 e. The highest BCUT2D eigenvalue weighted by Gasteiger charge is 2.25. The van der Waals surface area contributed by atoms with Crippen LogP contribution < -0.4 is 0 Å². The molecule has 0 radical (unpaired) electrons. The maximum absolute atomic E-state index is 12.0. The number of benzene rings is 1. The van der Waals surface area contributed by atoms with Gasteiger partial charge in [0.05, 0.1) is 0 Å². The summed E-state index contributed by atoms with van der Waals surface area (Å²) < 4.78 is 5.41. The number of hydrogen-bond donors (Lipinski definition) is 0. The van der Waals surface area contributed by atoms with Crippen molar-refractivity contribution < 1.29 is 9.53 Å². The van der Waals surface area contributed by atoms with Crippen LogP contribution in [0.25, 0.3) is 0 Å². The number of carbonyl (C=O) groups is 1. The molecule has 1 fully saturated rings. The fourth-order valence-electron chi connectivity index (χ4n) is 2.48. The van der Waals surface area contributed by atoms with Gasteiger partial charge < -0.3 is 9.64 Å². The molecule has 1 amide bonds. The van der Waals surface area contributed by atoms with E-state index in [1.54, 1.807) is 4.90 Å². The standard InChI is InChI=1S/C17H26N2O2/c1-14-6-5-7-15(12-14)13-18-8-10-19(11-9-18)16(20)21-17(2,3)4/h5-7,12H,8-11,13H2,1-4H3. The highest BCUT2D eigenvalue weighted by molar-refractivity contribution is 5.68. The number of carbonyl (C=O) groups excluding carboxylic acids is 1. The molecule has 0 N–H and O–H groups in total. The average molecular weight is 290 g/mol. The van der Waals surface area contributed by atoms with Gasteiger partial charge in [0.2, 0.25) is 0 Å². The van der Waals surface area contributed by atoms with Crippen molar-refractivity contribution in [1.29, 1.82) is 0 Å². The van der Waals surface area contributed by atoms with Crippen LogP contribution >= 0.6 is 0 Å². The Balaban J connectivity index is 1.82. The summed E-state index contributed by atoms with van der Waals surface area (Å²) in [6, 6.07) is 8.60. The van der Waals surface area contributed by atoms with E-state index >= 15 is 0 Å². The summed E-state index contributed by atoms with van der Waals surface area (Å²) in [7, 11) is 0. The first-order valence-electron chi connectivity index (χ1n) is 7.59. The Kier molecular flexibility index (Phi) is 4.88. The first kappa shape index (κ1) is 15.8. The van der Waals surface area contributed by atoms with Gasteiger partial charge in [-0.3, -0.25) is 4.90 Å². The van der Waals surface area contributed by atoms with E-state index in [9.17, 15) is 4.79 Å². The SMILES string of the molecule is Cc1cccc(CN2CCN(C(=O)OC(C)(C)C)CC2)c1. The van der Waals surface area contributed by atoms with Crippen molar-refractivity contribution in [1.82, 2.24) is 9.80 Å². The van der Waals surface area contributed by atoms with Crippen molar-refractivity contribution >= 4 is 6.09 Å². The van der Waals surface area contributed by atoms with Gasteiger partial charge >= 0.3 is 6.09 Å². The number of amides is 1. The minimum atomic E-state index is -0.421. The van der Waals surface area contributed by atoms with Crippen molar-refractivity contribution in [2.24, 2.45) is 0 Å². The van der Waals surface area contributed by atoms with Crippen LogP contribution in [0.2, 0.25) is 0 Å². The lowest BCUT2D eigenvalue weighted by Crippen LogP contribution is -2.49. The molecular weight excluding hydrogens is 264 g/mol. The van der Waals surface area contributed by atoms with Crippen LogP contribution in [0, 0.1) is 6.92 Å². The molecule has 2 rings (SSSR count). The van der Waals surface area contributed by atoms with Crippen LogP contribution in [0.15, 0.2) is 24.3 Å². The molecular formula is C17H26N2O2. The van der Waals surface area contributed by atoms with Crippen LogP contribution in [0.1, 0.15) is 31.9 Å². The van der Waals surface area contributed by atoms with E-state index in [4.69, 9.17) is 4.74 Å². The molecule has 0 aromatic heterocycles. The summed E-state index contributed by atoms with van der Waals surface area (Å²) in [5.41, 5.74) is 2.20. The molecule has 1 aliphatic heterocycles. The van der Waals surface area contributed by atoms with Crippen molar-refractivity contribution in [3.8, 4) is 0 Å². The lowest BCUT2D eigenvalue weighted by atomic mass is 10.1. The molecule has 1 saturated heterocycles. The van der Waals surface area contributed by atoms with Gasteiger partial charge in [-0.25, -0.2) is 4.79 Å². The Hall–Kier alpha value is -1.55. The zero-order chi connectivity index (χ0) is 15.5. The number of ether oxygens (including phenoxy) is 1. The fraction of sp³-hybridized carbons (Fsp3) is 0.588. The third-order valence-electron chi connectivity index (χ3n) is 3.51. The first-order chi connectivity index (χ1) is 9.83. The Morgan fingerprint density at radius 3 is 2.43 bits per heavy atom. The molecule has 0 spiro atoms. The average Bonchev–Trinajstić information content (AvgIpc) is 2.37. The molecule has 1 aromatic carbocycles. The summed E-state index contributed by atoms with van der Waals surface area (Å²) in [5.74, 6) is 0. The van der Waals surface area contributed by atoms with E-state index in [1.807, 2.05) is 20.8 Å². The number of hydrogen-bond acceptors (Lipinski definition) is 3. The van der Waals surface area contributed by atoms with Crippen molar-refractivity contribution in [2.75, 3.05) is 26.2 Å². The Morgan fingerprint density at radius 2 is 1.86 bits per heavy atom.